The third-order valence-electron chi connectivity index (χ3n) is 4.76. The van der Waals surface area contributed by atoms with E-state index in [0.29, 0.717) is 0 Å². The van der Waals surface area contributed by atoms with Crippen molar-refractivity contribution in [2.24, 2.45) is 5.41 Å². The number of carboxylic acids is 1. The van der Waals surface area contributed by atoms with Crippen molar-refractivity contribution in [3.63, 3.8) is 0 Å². The highest BCUT2D eigenvalue weighted by Crippen LogP contribution is 2.63. The SMILES string of the molecule is O=C(O)C1(S(=O)(=O)c2ccc(Br)cc2)CC2(CCC2)C1. The predicted molar refractivity (Wildman–Crippen MR) is 77.2 cm³/mol. The summed E-state index contributed by atoms with van der Waals surface area (Å²) in [5.74, 6) is -1.21. The van der Waals surface area contributed by atoms with E-state index in [-0.39, 0.29) is 23.2 Å². The van der Waals surface area contributed by atoms with E-state index in [0.717, 1.165) is 23.7 Å². The summed E-state index contributed by atoms with van der Waals surface area (Å²) in [5.41, 5.74) is -0.0270. The van der Waals surface area contributed by atoms with E-state index in [4.69, 9.17) is 0 Å². The average molecular weight is 359 g/mol. The Morgan fingerprint density at radius 2 is 1.70 bits per heavy atom. The minimum atomic E-state index is -3.85. The van der Waals surface area contributed by atoms with Gasteiger partial charge in [0.15, 0.2) is 14.6 Å². The topological polar surface area (TPSA) is 71.4 Å². The second-order valence-electron chi connectivity index (χ2n) is 5.96. The Labute approximate surface area is 126 Å². The Bertz CT molecular complexity index is 651. The van der Waals surface area contributed by atoms with Crippen LogP contribution in [-0.2, 0) is 14.6 Å². The molecular weight excluding hydrogens is 344 g/mol. The molecule has 2 fully saturated rings. The van der Waals surface area contributed by atoms with Crippen LogP contribution in [0.15, 0.2) is 33.6 Å². The molecule has 0 bridgehead atoms. The maximum atomic E-state index is 12.7. The van der Waals surface area contributed by atoms with Gasteiger partial charge in [0, 0.05) is 4.47 Å². The number of carboxylic acid groups (broad SMARTS) is 1. The number of aliphatic carboxylic acids is 1. The molecule has 1 aromatic rings. The quantitative estimate of drug-likeness (QED) is 0.901. The Morgan fingerprint density at radius 1 is 1.15 bits per heavy atom. The molecule has 0 heterocycles. The van der Waals surface area contributed by atoms with Crippen LogP contribution in [0.5, 0.6) is 0 Å². The van der Waals surface area contributed by atoms with Gasteiger partial charge in [-0.05, 0) is 55.4 Å². The number of hydrogen-bond acceptors (Lipinski definition) is 3. The van der Waals surface area contributed by atoms with Crippen LogP contribution in [0.3, 0.4) is 0 Å². The summed E-state index contributed by atoms with van der Waals surface area (Å²) in [6, 6.07) is 6.19. The van der Waals surface area contributed by atoms with Crippen molar-refractivity contribution in [2.45, 2.75) is 41.7 Å². The molecule has 2 aliphatic rings. The highest BCUT2D eigenvalue weighted by molar-refractivity contribution is 9.10. The minimum Gasteiger partial charge on any atom is -0.480 e. The fourth-order valence-corrected chi connectivity index (χ4v) is 5.92. The van der Waals surface area contributed by atoms with Crippen molar-refractivity contribution in [3.8, 4) is 0 Å². The molecule has 0 atom stereocenters. The maximum absolute atomic E-state index is 12.7. The molecule has 4 nitrogen and oxygen atoms in total. The van der Waals surface area contributed by atoms with Gasteiger partial charge in [-0.3, -0.25) is 4.79 Å². The van der Waals surface area contributed by atoms with E-state index in [2.05, 4.69) is 15.9 Å². The van der Waals surface area contributed by atoms with Crippen molar-refractivity contribution in [1.29, 1.82) is 0 Å². The number of rotatable bonds is 3. The van der Waals surface area contributed by atoms with Gasteiger partial charge in [0.25, 0.3) is 0 Å². The average Bonchev–Trinajstić information content (AvgIpc) is 2.25. The summed E-state index contributed by atoms with van der Waals surface area (Å²) in [6.45, 7) is 0. The van der Waals surface area contributed by atoms with Crippen LogP contribution in [0.2, 0.25) is 0 Å². The lowest BCUT2D eigenvalue weighted by atomic mass is 9.51. The van der Waals surface area contributed by atoms with E-state index >= 15 is 0 Å². The lowest BCUT2D eigenvalue weighted by Gasteiger charge is -2.58. The lowest BCUT2D eigenvalue weighted by Crippen LogP contribution is -2.63. The molecule has 0 unspecified atom stereocenters. The zero-order valence-electron chi connectivity index (χ0n) is 10.8. The fourth-order valence-electron chi connectivity index (χ4n) is 3.49. The molecule has 1 spiro atoms. The fraction of sp³-hybridized carbons (Fsp3) is 0.500. The third kappa shape index (κ3) is 1.77. The van der Waals surface area contributed by atoms with Crippen molar-refractivity contribution < 1.29 is 18.3 Å². The molecular formula is C14H15BrO4S. The first-order valence-electron chi connectivity index (χ1n) is 6.55. The molecule has 3 rings (SSSR count). The summed E-state index contributed by atoms with van der Waals surface area (Å²) >= 11 is 3.25. The number of benzene rings is 1. The maximum Gasteiger partial charge on any atom is 0.325 e. The van der Waals surface area contributed by atoms with Crippen LogP contribution in [-0.4, -0.2) is 24.2 Å². The molecule has 20 heavy (non-hydrogen) atoms. The third-order valence-corrected chi connectivity index (χ3v) is 7.68. The van der Waals surface area contributed by atoms with Crippen molar-refractivity contribution in [1.82, 2.24) is 0 Å². The first-order chi connectivity index (χ1) is 9.31. The summed E-state index contributed by atoms with van der Waals surface area (Å²) in [5, 5.41) is 9.50. The van der Waals surface area contributed by atoms with E-state index in [1.165, 1.54) is 12.1 Å². The van der Waals surface area contributed by atoms with Crippen molar-refractivity contribution in [3.05, 3.63) is 28.7 Å². The minimum absolute atomic E-state index is 0.0270. The monoisotopic (exact) mass is 358 g/mol. The largest absolute Gasteiger partial charge is 0.480 e. The number of sulfone groups is 1. The van der Waals surface area contributed by atoms with Crippen LogP contribution in [0, 0.1) is 5.41 Å². The van der Waals surface area contributed by atoms with Crippen LogP contribution >= 0.6 is 15.9 Å². The molecule has 2 aliphatic carbocycles. The van der Waals surface area contributed by atoms with Crippen LogP contribution in [0.1, 0.15) is 32.1 Å². The van der Waals surface area contributed by atoms with Gasteiger partial charge in [-0.25, -0.2) is 8.42 Å². The number of carbonyl (C=O) groups is 1. The summed E-state index contributed by atoms with van der Waals surface area (Å²) in [4.78, 5) is 11.7. The molecule has 0 aliphatic heterocycles. The number of halogens is 1. The smallest absolute Gasteiger partial charge is 0.325 e. The first kappa shape index (κ1) is 14.1. The Kier molecular flexibility index (Phi) is 3.03. The van der Waals surface area contributed by atoms with Crippen LogP contribution in [0.4, 0.5) is 0 Å². The van der Waals surface area contributed by atoms with Gasteiger partial charge < -0.3 is 5.11 Å². The second kappa shape index (κ2) is 4.31. The van der Waals surface area contributed by atoms with Crippen LogP contribution in [0.25, 0.3) is 0 Å². The van der Waals surface area contributed by atoms with Gasteiger partial charge in [-0.2, -0.15) is 0 Å². The lowest BCUT2D eigenvalue weighted by molar-refractivity contribution is -0.150. The summed E-state index contributed by atoms with van der Waals surface area (Å²) < 4.78 is 24.6. The van der Waals surface area contributed by atoms with E-state index < -0.39 is 20.6 Å². The molecule has 0 amide bonds. The van der Waals surface area contributed by atoms with Gasteiger partial charge >= 0.3 is 5.97 Å². The Hall–Kier alpha value is -0.880. The molecule has 0 saturated heterocycles. The molecule has 0 radical (unpaired) electrons. The van der Waals surface area contributed by atoms with Gasteiger partial charge in [-0.1, -0.05) is 22.4 Å². The van der Waals surface area contributed by atoms with Crippen molar-refractivity contribution in [2.75, 3.05) is 0 Å². The Morgan fingerprint density at radius 3 is 2.10 bits per heavy atom. The normalized spacial score (nSPS) is 22.9. The predicted octanol–water partition coefficient (Wildman–Crippen LogP) is 3.01. The van der Waals surface area contributed by atoms with E-state index in [9.17, 15) is 18.3 Å². The summed E-state index contributed by atoms with van der Waals surface area (Å²) in [6.07, 6.45) is 3.51. The van der Waals surface area contributed by atoms with E-state index in [1.54, 1.807) is 12.1 Å². The van der Waals surface area contributed by atoms with E-state index in [1.807, 2.05) is 0 Å². The van der Waals surface area contributed by atoms with Gasteiger partial charge in [0.2, 0.25) is 0 Å². The molecule has 2 saturated carbocycles. The second-order valence-corrected chi connectivity index (χ2v) is 9.14. The molecule has 1 aromatic carbocycles. The zero-order valence-corrected chi connectivity index (χ0v) is 13.2. The van der Waals surface area contributed by atoms with Gasteiger partial charge in [-0.15, -0.1) is 0 Å². The molecule has 6 heteroatoms. The van der Waals surface area contributed by atoms with Gasteiger partial charge in [0.1, 0.15) is 0 Å². The van der Waals surface area contributed by atoms with Crippen LogP contribution < -0.4 is 0 Å². The molecule has 0 aromatic heterocycles. The highest BCUT2D eigenvalue weighted by atomic mass is 79.9. The standard InChI is InChI=1S/C14H15BrO4S/c15-10-2-4-11(5-3-10)20(18,19)14(12(16)17)8-13(9-14)6-1-7-13/h2-5H,1,6-9H2,(H,16,17). The molecule has 1 N–H and O–H groups in total. The zero-order chi connectivity index (χ0) is 14.6. The highest BCUT2D eigenvalue weighted by Gasteiger charge is 2.67. The first-order valence-corrected chi connectivity index (χ1v) is 8.83. The summed E-state index contributed by atoms with van der Waals surface area (Å²) in [7, 11) is -3.85. The number of hydrogen-bond donors (Lipinski definition) is 1. The Balaban J connectivity index is 2.00. The van der Waals surface area contributed by atoms with Gasteiger partial charge in [0.05, 0.1) is 4.90 Å². The van der Waals surface area contributed by atoms with Crippen molar-refractivity contribution >= 4 is 31.7 Å². The molecule has 108 valence electrons.